The highest BCUT2D eigenvalue weighted by Crippen LogP contribution is 2.33. The van der Waals surface area contributed by atoms with Gasteiger partial charge in [0, 0.05) is 17.4 Å². The summed E-state index contributed by atoms with van der Waals surface area (Å²) in [6.07, 6.45) is 4.19. The van der Waals surface area contributed by atoms with Gasteiger partial charge in [0.2, 0.25) is 11.0 Å². The summed E-state index contributed by atoms with van der Waals surface area (Å²) in [7, 11) is 0. The highest BCUT2D eigenvalue weighted by Gasteiger charge is 2.42. The molecular weight excluding hydrogens is 334 g/mol. The second-order valence-electron chi connectivity index (χ2n) is 5.77. The molecule has 3 amide bonds. The van der Waals surface area contributed by atoms with Crippen LogP contribution >= 0.6 is 23.1 Å². The molecule has 2 aliphatic heterocycles. The molecule has 9 heteroatoms. The topological polar surface area (TPSA) is 96.0 Å². The van der Waals surface area contributed by atoms with Gasteiger partial charge < -0.3 is 16.0 Å². The first-order chi connectivity index (χ1) is 11.2. The van der Waals surface area contributed by atoms with Gasteiger partial charge in [-0.3, -0.25) is 4.79 Å². The van der Waals surface area contributed by atoms with Crippen LogP contribution in [0.2, 0.25) is 0 Å². The van der Waals surface area contributed by atoms with E-state index in [0.717, 1.165) is 36.4 Å². The third-order valence-electron chi connectivity index (χ3n) is 4.10. The Hall–Kier alpha value is -1.35. The van der Waals surface area contributed by atoms with E-state index in [9.17, 15) is 9.59 Å². The third kappa shape index (κ3) is 4.14. The molecule has 2 fully saturated rings. The number of rotatable bonds is 7. The van der Waals surface area contributed by atoms with E-state index in [1.165, 1.54) is 11.3 Å². The van der Waals surface area contributed by atoms with Crippen LogP contribution in [0, 0.1) is 0 Å². The highest BCUT2D eigenvalue weighted by atomic mass is 32.2. The van der Waals surface area contributed by atoms with Crippen molar-refractivity contribution in [2.75, 3.05) is 11.1 Å². The minimum Gasteiger partial charge on any atom is -0.332 e. The van der Waals surface area contributed by atoms with Gasteiger partial charge in [0.15, 0.2) is 0 Å². The van der Waals surface area contributed by atoms with Crippen LogP contribution in [0.5, 0.6) is 0 Å². The van der Waals surface area contributed by atoms with Gasteiger partial charge in [0.25, 0.3) is 0 Å². The molecule has 23 heavy (non-hydrogen) atoms. The molecule has 0 radical (unpaired) electrons. The summed E-state index contributed by atoms with van der Waals surface area (Å²) in [4.78, 5) is 23.2. The lowest BCUT2D eigenvalue weighted by molar-refractivity contribution is -0.116. The Balaban J connectivity index is 1.33. The molecule has 1 aromatic rings. The molecule has 2 aliphatic rings. The monoisotopic (exact) mass is 355 g/mol. The van der Waals surface area contributed by atoms with E-state index in [1.807, 2.05) is 18.7 Å². The van der Waals surface area contributed by atoms with E-state index < -0.39 is 0 Å². The summed E-state index contributed by atoms with van der Waals surface area (Å²) in [6, 6.07) is 0.467. The number of aryl methyl sites for hydroxylation is 1. The Morgan fingerprint density at radius 2 is 2.22 bits per heavy atom. The van der Waals surface area contributed by atoms with Crippen LogP contribution in [0.4, 0.5) is 9.93 Å². The second kappa shape index (κ2) is 7.48. The Bertz CT molecular complexity index is 579. The van der Waals surface area contributed by atoms with Crippen molar-refractivity contribution in [3.63, 3.8) is 0 Å². The summed E-state index contributed by atoms with van der Waals surface area (Å²) < 4.78 is 0. The predicted octanol–water partition coefficient (Wildman–Crippen LogP) is 1.76. The van der Waals surface area contributed by atoms with E-state index >= 15 is 0 Å². The number of thioether (sulfide) groups is 1. The average Bonchev–Trinajstić information content (AvgIpc) is 3.20. The molecule has 3 unspecified atom stereocenters. The maximum atomic E-state index is 11.9. The van der Waals surface area contributed by atoms with Gasteiger partial charge in [-0.05, 0) is 19.3 Å². The molecule has 0 aromatic carbocycles. The number of anilines is 1. The number of unbranched alkanes of at least 4 members (excludes halogenated alkanes) is 1. The van der Waals surface area contributed by atoms with E-state index in [2.05, 4.69) is 26.1 Å². The molecule has 0 spiro atoms. The zero-order valence-corrected chi connectivity index (χ0v) is 14.6. The summed E-state index contributed by atoms with van der Waals surface area (Å²) >= 11 is 3.34. The van der Waals surface area contributed by atoms with Crippen LogP contribution < -0.4 is 16.0 Å². The molecule has 126 valence electrons. The number of fused-ring (bicyclic) bond motifs is 1. The first-order valence-electron chi connectivity index (χ1n) is 7.96. The van der Waals surface area contributed by atoms with Crippen molar-refractivity contribution in [3.8, 4) is 0 Å². The van der Waals surface area contributed by atoms with Crippen LogP contribution in [0.15, 0.2) is 0 Å². The smallest absolute Gasteiger partial charge is 0.315 e. The second-order valence-corrected chi connectivity index (χ2v) is 8.10. The number of hydrogen-bond donors (Lipinski definition) is 3. The van der Waals surface area contributed by atoms with E-state index in [4.69, 9.17) is 0 Å². The highest BCUT2D eigenvalue weighted by molar-refractivity contribution is 8.00. The Kier molecular flexibility index (Phi) is 5.37. The zero-order valence-electron chi connectivity index (χ0n) is 13.0. The molecule has 3 rings (SSSR count). The number of carbonyl (C=O) groups excluding carboxylic acids is 2. The van der Waals surface area contributed by atoms with Gasteiger partial charge in [-0.1, -0.05) is 24.7 Å². The Morgan fingerprint density at radius 3 is 3.00 bits per heavy atom. The molecule has 3 atom stereocenters. The largest absolute Gasteiger partial charge is 0.332 e. The van der Waals surface area contributed by atoms with Crippen LogP contribution in [0.1, 0.15) is 37.6 Å². The van der Waals surface area contributed by atoms with Crippen LogP contribution in [-0.4, -0.2) is 45.2 Å². The summed E-state index contributed by atoms with van der Waals surface area (Å²) in [5.74, 6) is 0.974. The van der Waals surface area contributed by atoms with Crippen molar-refractivity contribution in [2.24, 2.45) is 0 Å². The molecule has 3 heterocycles. The predicted molar refractivity (Wildman–Crippen MR) is 91.9 cm³/mol. The number of carbonyl (C=O) groups is 2. The van der Waals surface area contributed by atoms with Crippen molar-refractivity contribution in [2.45, 2.75) is 56.4 Å². The molecule has 0 aliphatic carbocycles. The first-order valence-corrected chi connectivity index (χ1v) is 9.83. The number of amides is 3. The first kappa shape index (κ1) is 16.5. The van der Waals surface area contributed by atoms with Gasteiger partial charge in [0.1, 0.15) is 5.01 Å². The minimum absolute atomic E-state index is 0.00316. The van der Waals surface area contributed by atoms with Crippen molar-refractivity contribution in [3.05, 3.63) is 5.01 Å². The molecule has 1 aromatic heterocycles. The molecule has 0 saturated carbocycles. The van der Waals surface area contributed by atoms with Crippen LogP contribution in [-0.2, 0) is 11.2 Å². The van der Waals surface area contributed by atoms with Crippen molar-refractivity contribution in [1.82, 2.24) is 20.8 Å². The fraction of sp³-hybridized carbons (Fsp3) is 0.714. The molecule has 2 saturated heterocycles. The maximum Gasteiger partial charge on any atom is 0.315 e. The number of aromatic nitrogens is 2. The number of urea groups is 1. The van der Waals surface area contributed by atoms with E-state index in [1.54, 1.807) is 0 Å². The zero-order chi connectivity index (χ0) is 16.2. The maximum absolute atomic E-state index is 11.9. The van der Waals surface area contributed by atoms with Crippen LogP contribution in [0.3, 0.4) is 0 Å². The number of nitrogens with zero attached hydrogens (tertiary/aromatic N) is 2. The minimum atomic E-state index is -0.0480. The summed E-state index contributed by atoms with van der Waals surface area (Å²) in [5, 5.41) is 18.6. The molecule has 7 nitrogen and oxygen atoms in total. The van der Waals surface area contributed by atoms with Gasteiger partial charge in [-0.2, -0.15) is 11.8 Å². The molecule has 0 bridgehead atoms. The van der Waals surface area contributed by atoms with Crippen LogP contribution in [0.25, 0.3) is 0 Å². The molecule has 3 N–H and O–H groups in total. The fourth-order valence-corrected chi connectivity index (χ4v) is 5.14. The average molecular weight is 355 g/mol. The van der Waals surface area contributed by atoms with Crippen molar-refractivity contribution >= 4 is 40.2 Å². The SMILES string of the molecule is CCc1nnc(NC(=O)CCCCC2SCC3NC(=O)NC32)s1. The molecular formula is C14H21N5O2S2. The van der Waals surface area contributed by atoms with Crippen molar-refractivity contribution in [1.29, 1.82) is 0 Å². The lowest BCUT2D eigenvalue weighted by Crippen LogP contribution is -2.36. The normalized spacial score (nSPS) is 25.8. The standard InChI is InChI=1S/C14H21N5O2S2/c1-2-11-18-19-14(23-11)16-10(20)6-4-3-5-9-12-8(7-22-9)15-13(21)17-12/h8-9,12H,2-7H2,1H3,(H2,15,17,21)(H,16,19,20). The van der Waals surface area contributed by atoms with Gasteiger partial charge in [-0.15, -0.1) is 10.2 Å². The lowest BCUT2D eigenvalue weighted by atomic mass is 10.0. The van der Waals surface area contributed by atoms with Gasteiger partial charge in [-0.25, -0.2) is 4.79 Å². The summed E-state index contributed by atoms with van der Waals surface area (Å²) in [6.45, 7) is 2.01. The number of nitrogens with one attached hydrogen (secondary N) is 3. The van der Waals surface area contributed by atoms with Gasteiger partial charge >= 0.3 is 6.03 Å². The van der Waals surface area contributed by atoms with Gasteiger partial charge in [0.05, 0.1) is 12.1 Å². The van der Waals surface area contributed by atoms with E-state index in [0.29, 0.717) is 16.8 Å². The fourth-order valence-electron chi connectivity index (χ4n) is 2.90. The number of hydrogen-bond acceptors (Lipinski definition) is 6. The Labute approximate surface area is 143 Å². The Morgan fingerprint density at radius 1 is 1.35 bits per heavy atom. The quantitative estimate of drug-likeness (QED) is 0.512. The van der Waals surface area contributed by atoms with Crippen molar-refractivity contribution < 1.29 is 9.59 Å². The van der Waals surface area contributed by atoms with E-state index in [-0.39, 0.29) is 24.0 Å². The lowest BCUT2D eigenvalue weighted by Gasteiger charge is -2.16. The summed E-state index contributed by atoms with van der Waals surface area (Å²) in [5.41, 5.74) is 0. The third-order valence-corrected chi connectivity index (χ3v) is 6.59.